The topological polar surface area (TPSA) is 12.0 Å². The maximum atomic E-state index is 3.78. The summed E-state index contributed by atoms with van der Waals surface area (Å²) in [6, 6.07) is 9.51. The second-order valence-corrected chi connectivity index (χ2v) is 5.95. The van der Waals surface area contributed by atoms with E-state index in [1.807, 2.05) is 0 Å². The molecule has 1 aromatic carbocycles. The molecule has 1 aromatic rings. The minimum absolute atomic E-state index is 0.526. The average molecular weight is 245 g/mol. The standard InChI is InChI=1S/C17H27N/c1-4-17(15-10-8-13(2)9-11-15)18-12-16-7-5-6-14(16)3/h8-11,14,16-18H,4-7,12H2,1-3H3. The van der Waals surface area contributed by atoms with Crippen molar-refractivity contribution in [1.82, 2.24) is 5.32 Å². The van der Waals surface area contributed by atoms with Gasteiger partial charge in [-0.1, -0.05) is 56.5 Å². The third-order valence-corrected chi connectivity index (χ3v) is 4.55. The van der Waals surface area contributed by atoms with Gasteiger partial charge in [-0.25, -0.2) is 0 Å². The Morgan fingerprint density at radius 1 is 1.22 bits per heavy atom. The van der Waals surface area contributed by atoms with Crippen molar-refractivity contribution in [1.29, 1.82) is 0 Å². The van der Waals surface area contributed by atoms with Crippen molar-refractivity contribution in [2.24, 2.45) is 11.8 Å². The van der Waals surface area contributed by atoms with Gasteiger partial charge in [0.05, 0.1) is 0 Å². The second-order valence-electron chi connectivity index (χ2n) is 5.95. The number of nitrogens with one attached hydrogen (secondary N) is 1. The van der Waals surface area contributed by atoms with E-state index in [2.05, 4.69) is 50.4 Å². The monoisotopic (exact) mass is 245 g/mol. The van der Waals surface area contributed by atoms with Crippen LogP contribution in [0.1, 0.15) is 56.7 Å². The third kappa shape index (κ3) is 3.35. The van der Waals surface area contributed by atoms with Gasteiger partial charge in [0.1, 0.15) is 0 Å². The van der Waals surface area contributed by atoms with Crippen LogP contribution in [0.15, 0.2) is 24.3 Å². The van der Waals surface area contributed by atoms with Crippen LogP contribution in [0.5, 0.6) is 0 Å². The van der Waals surface area contributed by atoms with E-state index in [1.54, 1.807) is 0 Å². The van der Waals surface area contributed by atoms with Gasteiger partial charge in [0.15, 0.2) is 0 Å². The molecule has 0 aromatic heterocycles. The number of hydrogen-bond donors (Lipinski definition) is 1. The fraction of sp³-hybridized carbons (Fsp3) is 0.647. The molecular weight excluding hydrogens is 218 g/mol. The first kappa shape index (κ1) is 13.6. The zero-order valence-corrected chi connectivity index (χ0v) is 12.1. The zero-order chi connectivity index (χ0) is 13.0. The first-order valence-electron chi connectivity index (χ1n) is 7.50. The number of rotatable bonds is 5. The van der Waals surface area contributed by atoms with Crippen LogP contribution in [0.2, 0.25) is 0 Å². The van der Waals surface area contributed by atoms with Crippen LogP contribution >= 0.6 is 0 Å². The molecule has 18 heavy (non-hydrogen) atoms. The minimum atomic E-state index is 0.526. The van der Waals surface area contributed by atoms with Crippen LogP contribution in [0.3, 0.4) is 0 Å². The highest BCUT2D eigenvalue weighted by Crippen LogP contribution is 2.31. The lowest BCUT2D eigenvalue weighted by molar-refractivity contribution is 0.365. The Bertz CT molecular complexity index is 354. The molecule has 0 radical (unpaired) electrons. The Kier molecular flexibility index (Phi) is 4.82. The summed E-state index contributed by atoms with van der Waals surface area (Å²) < 4.78 is 0. The molecule has 0 heterocycles. The Balaban J connectivity index is 1.91. The summed E-state index contributed by atoms with van der Waals surface area (Å²) >= 11 is 0. The third-order valence-electron chi connectivity index (χ3n) is 4.55. The molecule has 100 valence electrons. The quantitative estimate of drug-likeness (QED) is 0.807. The average Bonchev–Trinajstić information content (AvgIpc) is 2.78. The summed E-state index contributed by atoms with van der Waals surface area (Å²) in [7, 11) is 0. The highest BCUT2D eigenvalue weighted by atomic mass is 14.9. The summed E-state index contributed by atoms with van der Waals surface area (Å²) in [6.45, 7) is 8.02. The lowest BCUT2D eigenvalue weighted by atomic mass is 9.96. The smallest absolute Gasteiger partial charge is 0.0317 e. The molecule has 1 heteroatoms. The molecule has 3 atom stereocenters. The molecule has 1 aliphatic carbocycles. The molecular formula is C17H27N. The van der Waals surface area contributed by atoms with Gasteiger partial charge in [-0.2, -0.15) is 0 Å². The molecule has 2 rings (SSSR count). The predicted octanol–water partition coefficient (Wildman–Crippen LogP) is 4.47. The first-order chi connectivity index (χ1) is 8.70. The minimum Gasteiger partial charge on any atom is -0.310 e. The lowest BCUT2D eigenvalue weighted by Crippen LogP contribution is -2.28. The highest BCUT2D eigenvalue weighted by Gasteiger charge is 2.23. The normalized spacial score (nSPS) is 25.3. The fourth-order valence-electron chi connectivity index (χ4n) is 3.12. The van der Waals surface area contributed by atoms with E-state index in [0.717, 1.165) is 11.8 Å². The van der Waals surface area contributed by atoms with E-state index in [0.29, 0.717) is 6.04 Å². The number of aryl methyl sites for hydroxylation is 1. The van der Waals surface area contributed by atoms with Crippen molar-refractivity contribution in [2.75, 3.05) is 6.54 Å². The molecule has 1 aliphatic rings. The molecule has 0 spiro atoms. The van der Waals surface area contributed by atoms with Gasteiger partial charge in [-0.05, 0) is 43.7 Å². The first-order valence-corrected chi connectivity index (χ1v) is 7.50. The Morgan fingerprint density at radius 3 is 2.50 bits per heavy atom. The lowest BCUT2D eigenvalue weighted by Gasteiger charge is -2.22. The fourth-order valence-corrected chi connectivity index (χ4v) is 3.12. The number of hydrogen-bond acceptors (Lipinski definition) is 1. The van der Waals surface area contributed by atoms with E-state index in [4.69, 9.17) is 0 Å². The van der Waals surface area contributed by atoms with Gasteiger partial charge in [0.25, 0.3) is 0 Å². The highest BCUT2D eigenvalue weighted by molar-refractivity contribution is 5.24. The molecule has 0 bridgehead atoms. The largest absolute Gasteiger partial charge is 0.310 e. The van der Waals surface area contributed by atoms with Gasteiger partial charge >= 0.3 is 0 Å². The zero-order valence-electron chi connectivity index (χ0n) is 12.1. The van der Waals surface area contributed by atoms with E-state index in [-0.39, 0.29) is 0 Å². The molecule has 1 nitrogen and oxygen atoms in total. The van der Waals surface area contributed by atoms with Crippen LogP contribution in [0, 0.1) is 18.8 Å². The molecule has 0 amide bonds. The van der Waals surface area contributed by atoms with Crippen LogP contribution in [-0.4, -0.2) is 6.54 Å². The van der Waals surface area contributed by atoms with E-state index in [1.165, 1.54) is 43.4 Å². The predicted molar refractivity (Wildman–Crippen MR) is 78.7 cm³/mol. The SMILES string of the molecule is CCC(NCC1CCCC1C)c1ccc(C)cc1. The maximum absolute atomic E-state index is 3.78. The van der Waals surface area contributed by atoms with E-state index < -0.39 is 0 Å². The van der Waals surface area contributed by atoms with Crippen LogP contribution in [0.4, 0.5) is 0 Å². The summed E-state index contributed by atoms with van der Waals surface area (Å²) in [5.41, 5.74) is 2.78. The molecule has 0 aliphatic heterocycles. The second kappa shape index (κ2) is 6.38. The van der Waals surface area contributed by atoms with E-state index >= 15 is 0 Å². The van der Waals surface area contributed by atoms with Crippen molar-refractivity contribution >= 4 is 0 Å². The Labute approximate surface area is 112 Å². The molecule has 3 unspecified atom stereocenters. The van der Waals surface area contributed by atoms with Crippen LogP contribution in [-0.2, 0) is 0 Å². The molecule has 1 fully saturated rings. The molecule has 0 saturated heterocycles. The molecule has 1 N–H and O–H groups in total. The van der Waals surface area contributed by atoms with Gasteiger partial charge in [0, 0.05) is 6.04 Å². The summed E-state index contributed by atoms with van der Waals surface area (Å²) in [6.07, 6.45) is 5.44. The Morgan fingerprint density at radius 2 is 1.94 bits per heavy atom. The molecule has 1 saturated carbocycles. The van der Waals surface area contributed by atoms with Gasteiger partial charge in [-0.15, -0.1) is 0 Å². The van der Waals surface area contributed by atoms with Gasteiger partial charge in [-0.3, -0.25) is 0 Å². The van der Waals surface area contributed by atoms with E-state index in [9.17, 15) is 0 Å². The van der Waals surface area contributed by atoms with Crippen LogP contribution in [0.25, 0.3) is 0 Å². The number of benzene rings is 1. The van der Waals surface area contributed by atoms with Gasteiger partial charge < -0.3 is 5.32 Å². The van der Waals surface area contributed by atoms with Crippen molar-refractivity contribution in [3.63, 3.8) is 0 Å². The van der Waals surface area contributed by atoms with Crippen molar-refractivity contribution in [3.8, 4) is 0 Å². The maximum Gasteiger partial charge on any atom is 0.0317 e. The summed E-state index contributed by atoms with van der Waals surface area (Å²) in [4.78, 5) is 0. The van der Waals surface area contributed by atoms with Gasteiger partial charge in [0.2, 0.25) is 0 Å². The van der Waals surface area contributed by atoms with Crippen molar-refractivity contribution in [2.45, 2.75) is 52.5 Å². The van der Waals surface area contributed by atoms with Crippen molar-refractivity contribution in [3.05, 3.63) is 35.4 Å². The summed E-state index contributed by atoms with van der Waals surface area (Å²) in [5.74, 6) is 1.80. The Hall–Kier alpha value is -0.820. The van der Waals surface area contributed by atoms with Crippen molar-refractivity contribution < 1.29 is 0 Å². The van der Waals surface area contributed by atoms with Crippen LogP contribution < -0.4 is 5.32 Å². The summed E-state index contributed by atoms with van der Waals surface area (Å²) in [5, 5.41) is 3.78.